The topological polar surface area (TPSA) is 42.0 Å². The Labute approximate surface area is 184 Å². The van der Waals surface area contributed by atoms with Crippen LogP contribution >= 0.6 is 0 Å². The molecule has 162 valence electrons. The highest BCUT2D eigenvalue weighted by atomic mass is 19.1. The van der Waals surface area contributed by atoms with Crippen molar-refractivity contribution in [1.29, 1.82) is 0 Å². The lowest BCUT2D eigenvalue weighted by Crippen LogP contribution is -2.42. The van der Waals surface area contributed by atoms with Gasteiger partial charge in [0.15, 0.2) is 0 Å². The number of carbonyl (C=O) groups is 1. The Bertz CT molecular complexity index is 1000. The first-order chi connectivity index (χ1) is 15.0. The predicted molar refractivity (Wildman–Crippen MR) is 121 cm³/mol. The molecule has 1 heterocycles. The maximum absolute atomic E-state index is 13.1. The Hall–Kier alpha value is -2.49. The second-order valence-electron chi connectivity index (χ2n) is 10.0. The van der Waals surface area contributed by atoms with Gasteiger partial charge in [0.1, 0.15) is 11.6 Å². The molecule has 5 atom stereocenters. The van der Waals surface area contributed by atoms with Crippen molar-refractivity contribution in [1.82, 2.24) is 4.98 Å². The SMILES string of the molecule is C=C1C[C@@H](CCC(=O)Nc2ccc(F)cn2)C2C3CCc4ccccc4C3CC[C@]12C. The molecule has 4 heteroatoms. The van der Waals surface area contributed by atoms with Gasteiger partial charge in [-0.25, -0.2) is 9.37 Å². The predicted octanol–water partition coefficient (Wildman–Crippen LogP) is 6.28. The quantitative estimate of drug-likeness (QED) is 0.594. The molecular formula is C27H31FN2O. The van der Waals surface area contributed by atoms with E-state index in [9.17, 15) is 9.18 Å². The van der Waals surface area contributed by atoms with E-state index in [-0.39, 0.29) is 11.3 Å². The Morgan fingerprint density at radius 1 is 1.26 bits per heavy atom. The van der Waals surface area contributed by atoms with Crippen molar-refractivity contribution in [3.05, 3.63) is 71.7 Å². The first-order valence-corrected chi connectivity index (χ1v) is 11.6. The molecule has 2 saturated carbocycles. The van der Waals surface area contributed by atoms with E-state index in [4.69, 9.17) is 0 Å². The van der Waals surface area contributed by atoms with Gasteiger partial charge in [-0.1, -0.05) is 43.3 Å². The van der Waals surface area contributed by atoms with Gasteiger partial charge in [0.25, 0.3) is 0 Å². The number of amides is 1. The van der Waals surface area contributed by atoms with E-state index in [0.717, 1.165) is 19.0 Å². The van der Waals surface area contributed by atoms with Crippen LogP contribution in [0.5, 0.6) is 0 Å². The summed E-state index contributed by atoms with van der Waals surface area (Å²) in [7, 11) is 0. The summed E-state index contributed by atoms with van der Waals surface area (Å²) in [4.78, 5) is 16.5. The minimum Gasteiger partial charge on any atom is -0.311 e. The molecule has 31 heavy (non-hydrogen) atoms. The number of aromatic nitrogens is 1. The van der Waals surface area contributed by atoms with Crippen LogP contribution in [-0.4, -0.2) is 10.9 Å². The summed E-state index contributed by atoms with van der Waals surface area (Å²) in [5.74, 6) is 2.40. The Morgan fingerprint density at radius 3 is 2.90 bits per heavy atom. The molecule has 1 aromatic heterocycles. The average molecular weight is 419 g/mol. The largest absolute Gasteiger partial charge is 0.311 e. The molecule has 5 rings (SSSR count). The van der Waals surface area contributed by atoms with Gasteiger partial charge >= 0.3 is 0 Å². The fourth-order valence-electron chi connectivity index (χ4n) is 6.98. The van der Waals surface area contributed by atoms with Crippen molar-refractivity contribution in [2.24, 2.45) is 23.2 Å². The summed E-state index contributed by atoms with van der Waals surface area (Å²) in [6, 6.07) is 11.8. The lowest BCUT2D eigenvalue weighted by molar-refractivity contribution is -0.116. The summed E-state index contributed by atoms with van der Waals surface area (Å²) >= 11 is 0. The highest BCUT2D eigenvalue weighted by Crippen LogP contribution is 2.65. The third-order valence-electron chi connectivity index (χ3n) is 8.45. The summed E-state index contributed by atoms with van der Waals surface area (Å²) in [5.41, 5.74) is 4.69. The third-order valence-corrected chi connectivity index (χ3v) is 8.45. The number of halogens is 1. The van der Waals surface area contributed by atoms with E-state index in [2.05, 4.69) is 48.1 Å². The monoisotopic (exact) mass is 418 g/mol. The number of carbonyl (C=O) groups excluding carboxylic acids is 1. The van der Waals surface area contributed by atoms with E-state index < -0.39 is 5.82 Å². The molecule has 1 aromatic carbocycles. The van der Waals surface area contributed by atoms with Crippen LogP contribution in [0.4, 0.5) is 10.2 Å². The number of aryl methyl sites for hydroxylation is 1. The van der Waals surface area contributed by atoms with E-state index in [1.807, 2.05) is 0 Å². The van der Waals surface area contributed by atoms with Crippen molar-refractivity contribution in [3.8, 4) is 0 Å². The van der Waals surface area contributed by atoms with Gasteiger partial charge in [0, 0.05) is 6.42 Å². The number of anilines is 1. The van der Waals surface area contributed by atoms with Gasteiger partial charge < -0.3 is 5.32 Å². The maximum atomic E-state index is 13.1. The summed E-state index contributed by atoms with van der Waals surface area (Å²) in [6.07, 6.45) is 8.37. The second kappa shape index (κ2) is 7.89. The van der Waals surface area contributed by atoms with Crippen LogP contribution in [0.15, 0.2) is 54.7 Å². The highest BCUT2D eigenvalue weighted by Gasteiger charge is 2.55. The first kappa shape index (κ1) is 20.4. The summed E-state index contributed by atoms with van der Waals surface area (Å²) in [6.45, 7) is 6.93. The van der Waals surface area contributed by atoms with Gasteiger partial charge in [-0.2, -0.15) is 0 Å². The molecule has 0 saturated heterocycles. The molecule has 0 aliphatic heterocycles. The van der Waals surface area contributed by atoms with Gasteiger partial charge in [0.05, 0.1) is 6.20 Å². The van der Waals surface area contributed by atoms with Crippen LogP contribution in [0.25, 0.3) is 0 Å². The van der Waals surface area contributed by atoms with E-state index in [1.54, 1.807) is 5.56 Å². The molecule has 3 unspecified atom stereocenters. The minimum absolute atomic E-state index is 0.0420. The van der Waals surface area contributed by atoms with Gasteiger partial charge in [-0.3, -0.25) is 4.79 Å². The zero-order valence-corrected chi connectivity index (χ0v) is 18.2. The molecule has 2 aromatic rings. The van der Waals surface area contributed by atoms with Crippen LogP contribution in [0.3, 0.4) is 0 Å². The molecule has 0 bridgehead atoms. The number of fused-ring (bicyclic) bond motifs is 5. The van der Waals surface area contributed by atoms with Crippen LogP contribution in [0, 0.1) is 29.0 Å². The maximum Gasteiger partial charge on any atom is 0.225 e. The minimum atomic E-state index is -0.400. The van der Waals surface area contributed by atoms with Crippen LogP contribution < -0.4 is 5.32 Å². The molecular weight excluding hydrogens is 387 g/mol. The fourth-order valence-corrected chi connectivity index (χ4v) is 6.98. The molecule has 0 radical (unpaired) electrons. The van der Waals surface area contributed by atoms with Crippen LogP contribution in [-0.2, 0) is 11.2 Å². The standard InChI is InChI=1S/C27H31FN2O/c1-17-15-19(8-12-25(31)30-24-11-9-20(28)16-29-24)26-23-10-7-18-5-3-4-6-21(18)22(23)13-14-27(17,26)2/h3-6,9,11,16,19,22-23,26H,1,7-8,10,12-15H2,2H3,(H,29,30,31)/t19-,22?,23?,26?,27-/m1/s1. The number of hydrogen-bond donors (Lipinski definition) is 1. The number of nitrogens with one attached hydrogen (secondary N) is 1. The van der Waals surface area contributed by atoms with Crippen molar-refractivity contribution in [2.45, 2.75) is 57.8 Å². The molecule has 0 spiro atoms. The molecule has 3 aliphatic rings. The fraction of sp³-hybridized carbons (Fsp3) is 0.481. The van der Waals surface area contributed by atoms with Crippen LogP contribution in [0.2, 0.25) is 0 Å². The van der Waals surface area contributed by atoms with E-state index in [0.29, 0.717) is 35.9 Å². The number of hydrogen-bond acceptors (Lipinski definition) is 2. The zero-order valence-electron chi connectivity index (χ0n) is 18.2. The van der Waals surface area contributed by atoms with Crippen molar-refractivity contribution < 1.29 is 9.18 Å². The number of benzene rings is 1. The average Bonchev–Trinajstić information content (AvgIpc) is 3.04. The van der Waals surface area contributed by atoms with Gasteiger partial charge in [0.2, 0.25) is 5.91 Å². The van der Waals surface area contributed by atoms with Gasteiger partial charge in [-0.05, 0) is 90.9 Å². The first-order valence-electron chi connectivity index (χ1n) is 11.6. The highest BCUT2D eigenvalue weighted by molar-refractivity contribution is 5.89. The van der Waals surface area contributed by atoms with Crippen LogP contribution in [0.1, 0.15) is 62.5 Å². The Balaban J connectivity index is 1.31. The molecule has 2 fully saturated rings. The van der Waals surface area contributed by atoms with E-state index in [1.165, 1.54) is 49.0 Å². The lowest BCUT2D eigenvalue weighted by Gasteiger charge is -2.51. The number of pyridine rings is 1. The molecule has 1 N–H and O–H groups in total. The second-order valence-corrected chi connectivity index (χ2v) is 10.0. The zero-order chi connectivity index (χ0) is 21.6. The lowest BCUT2D eigenvalue weighted by atomic mass is 9.53. The molecule has 3 nitrogen and oxygen atoms in total. The summed E-state index contributed by atoms with van der Waals surface area (Å²) < 4.78 is 13.1. The number of allylic oxidation sites excluding steroid dienone is 1. The third kappa shape index (κ3) is 3.60. The molecule has 1 amide bonds. The Morgan fingerprint density at radius 2 is 2.10 bits per heavy atom. The van der Waals surface area contributed by atoms with Crippen molar-refractivity contribution in [2.75, 3.05) is 5.32 Å². The summed E-state index contributed by atoms with van der Waals surface area (Å²) in [5, 5.41) is 2.82. The number of nitrogens with zero attached hydrogens (tertiary/aromatic N) is 1. The van der Waals surface area contributed by atoms with Crippen molar-refractivity contribution >= 4 is 11.7 Å². The Kier molecular flexibility index (Phi) is 5.19. The molecule has 3 aliphatic carbocycles. The number of rotatable bonds is 4. The normalized spacial score (nSPS) is 31.5. The van der Waals surface area contributed by atoms with Crippen molar-refractivity contribution in [3.63, 3.8) is 0 Å². The van der Waals surface area contributed by atoms with E-state index >= 15 is 0 Å². The smallest absolute Gasteiger partial charge is 0.225 e. The van der Waals surface area contributed by atoms with Gasteiger partial charge in [-0.15, -0.1) is 0 Å².